The predicted molar refractivity (Wildman–Crippen MR) is 77.4 cm³/mol. The number of alkyl halides is 3. The van der Waals surface area contributed by atoms with Crippen molar-refractivity contribution >= 4 is 0 Å². The maximum Gasteiger partial charge on any atom is 1.00 e. The molecule has 1 rings (SSSR count). The number of nitrogens with zero attached hydrogens (tertiary/aromatic N) is 4. The number of nitriles is 2. The van der Waals surface area contributed by atoms with Crippen molar-refractivity contribution in [3.63, 3.8) is 0 Å². The third kappa shape index (κ3) is 11.9. The first-order chi connectivity index (χ1) is 11.9. The second kappa shape index (κ2) is 15.7. The fourth-order valence-electron chi connectivity index (χ4n) is 1.23. The third-order valence-electron chi connectivity index (χ3n) is 2.36. The Morgan fingerprint density at radius 3 is 1.69 bits per heavy atom. The molecule has 26 heavy (non-hydrogen) atoms. The minimum atomic E-state index is -4.72. The minimum absolute atomic E-state index is 0. The Bertz CT molecular complexity index is 529. The molecular weight excluding hydrogens is 352 g/mol. The summed E-state index contributed by atoms with van der Waals surface area (Å²) in [6, 6.07) is 2.69. The van der Waals surface area contributed by atoms with Crippen molar-refractivity contribution < 1.29 is 51.0 Å². The van der Waals surface area contributed by atoms with Gasteiger partial charge in [0, 0.05) is 20.0 Å². The molecule has 140 valence electrons. The van der Waals surface area contributed by atoms with Crippen molar-refractivity contribution in [2.45, 2.75) is 6.18 Å². The molecule has 1 aromatic heterocycles. The second-order valence-electron chi connectivity index (χ2n) is 4.18. The quantitative estimate of drug-likeness (QED) is 0.367. The number of hydrogen-bond acceptors (Lipinski definition) is 7. The Kier molecular flexibility index (Phi) is 16.0. The van der Waals surface area contributed by atoms with Crippen molar-refractivity contribution in [3.8, 4) is 12.1 Å². The Labute approximate surface area is 161 Å². The first-order valence-electron chi connectivity index (χ1n) is 6.96. The van der Waals surface area contributed by atoms with E-state index in [4.69, 9.17) is 29.5 Å². The van der Waals surface area contributed by atoms with Crippen LogP contribution in [0.15, 0.2) is 0 Å². The van der Waals surface area contributed by atoms with Crippen LogP contribution in [0.4, 0.5) is 13.2 Å². The average Bonchev–Trinajstić information content (AvgIpc) is 3.02. The van der Waals surface area contributed by atoms with E-state index in [0.29, 0.717) is 39.6 Å². The van der Waals surface area contributed by atoms with Gasteiger partial charge in [-0.25, -0.2) is 0 Å². The van der Waals surface area contributed by atoms with E-state index in [0.717, 1.165) is 0 Å². The van der Waals surface area contributed by atoms with E-state index in [1.807, 2.05) is 0 Å². The van der Waals surface area contributed by atoms with Crippen molar-refractivity contribution in [2.24, 2.45) is 0 Å². The molecule has 0 saturated carbocycles. The van der Waals surface area contributed by atoms with Gasteiger partial charge in [0.2, 0.25) is 0 Å². The number of rotatable bonds is 9. The summed E-state index contributed by atoms with van der Waals surface area (Å²) in [5.41, 5.74) is -1.20. The molecule has 12 heteroatoms. The van der Waals surface area contributed by atoms with Crippen LogP contribution in [0.2, 0.25) is 0 Å². The zero-order valence-corrected chi connectivity index (χ0v) is 14.8. The minimum Gasteiger partial charge on any atom is -0.422 e. The van der Waals surface area contributed by atoms with Gasteiger partial charge in [-0.2, -0.15) is 23.7 Å². The summed E-state index contributed by atoms with van der Waals surface area (Å²) >= 11 is 0. The molecule has 1 aromatic rings. The van der Waals surface area contributed by atoms with E-state index >= 15 is 0 Å². The third-order valence-corrected chi connectivity index (χ3v) is 2.36. The summed E-state index contributed by atoms with van der Waals surface area (Å²) < 4.78 is 55.7. The Morgan fingerprint density at radius 1 is 0.923 bits per heavy atom. The molecule has 0 unspecified atom stereocenters. The van der Waals surface area contributed by atoms with Gasteiger partial charge < -0.3 is 28.9 Å². The Balaban J connectivity index is 0. The van der Waals surface area contributed by atoms with Gasteiger partial charge in [-0.05, 0) is 0 Å². The van der Waals surface area contributed by atoms with Gasteiger partial charge >= 0.3 is 25.0 Å². The average molecular weight is 370 g/mol. The smallest absolute Gasteiger partial charge is 0.422 e. The van der Waals surface area contributed by atoms with E-state index in [1.54, 1.807) is 14.2 Å². The maximum absolute atomic E-state index is 11.9. The zero-order chi connectivity index (χ0) is 19.1. The standard InChI is InChI=1S/C8H18O4.C6F3N4.Li/c1-9-3-5-11-7-8-12-6-4-10-2;7-6(8,9)5-12-3(1-10)4(2-11)13-5;/h3-8H2,1-2H3;;/q;-1;+1. The first kappa shape index (κ1) is 26.6. The molecule has 0 fully saturated rings. The van der Waals surface area contributed by atoms with Crippen LogP contribution in [0, 0.1) is 22.7 Å². The number of methoxy groups -OCH3 is 2. The SMILES string of the molecule is COCCOCCOCCOC.N#Cc1nc(C(F)(F)F)[n-]c1C#N.[Li+]. The van der Waals surface area contributed by atoms with Crippen LogP contribution in [0.5, 0.6) is 0 Å². The Morgan fingerprint density at radius 2 is 1.38 bits per heavy atom. The molecule has 0 atom stereocenters. The summed E-state index contributed by atoms with van der Waals surface area (Å²) in [6.45, 7) is 3.77. The van der Waals surface area contributed by atoms with Crippen molar-refractivity contribution in [1.82, 2.24) is 9.97 Å². The van der Waals surface area contributed by atoms with Crippen molar-refractivity contribution in [1.29, 1.82) is 10.5 Å². The summed E-state index contributed by atoms with van der Waals surface area (Å²) in [5, 5.41) is 16.5. The molecule has 0 aliphatic carbocycles. The summed E-state index contributed by atoms with van der Waals surface area (Å²) in [4.78, 5) is 5.70. The van der Waals surface area contributed by atoms with Gasteiger partial charge in [0.05, 0.1) is 63.2 Å². The largest absolute Gasteiger partial charge is 1.00 e. The molecule has 0 spiro atoms. The van der Waals surface area contributed by atoms with Crippen LogP contribution in [0.3, 0.4) is 0 Å². The van der Waals surface area contributed by atoms with Gasteiger partial charge in [0.25, 0.3) is 0 Å². The number of imidazole rings is 1. The topological polar surface area (TPSA) is 111 Å². The van der Waals surface area contributed by atoms with Gasteiger partial charge in [-0.15, -0.1) is 0 Å². The molecule has 0 N–H and O–H groups in total. The van der Waals surface area contributed by atoms with Crippen LogP contribution in [0.1, 0.15) is 17.2 Å². The molecule has 0 bridgehead atoms. The second-order valence-corrected chi connectivity index (χ2v) is 4.18. The summed E-state index contributed by atoms with van der Waals surface area (Å²) in [6.07, 6.45) is -4.72. The van der Waals surface area contributed by atoms with E-state index in [9.17, 15) is 13.2 Å². The molecule has 0 aromatic carbocycles. The fraction of sp³-hybridized carbons (Fsp3) is 0.643. The monoisotopic (exact) mass is 370 g/mol. The Hall–Kier alpha value is -1.58. The molecule has 8 nitrogen and oxygen atoms in total. The fourth-order valence-corrected chi connectivity index (χ4v) is 1.23. The number of ether oxygens (including phenoxy) is 4. The van der Waals surface area contributed by atoms with Crippen LogP contribution < -0.4 is 23.8 Å². The van der Waals surface area contributed by atoms with E-state index in [1.165, 1.54) is 12.1 Å². The normalized spacial score (nSPS) is 10.1. The van der Waals surface area contributed by atoms with Crippen LogP contribution in [-0.2, 0) is 25.1 Å². The summed E-state index contributed by atoms with van der Waals surface area (Å²) in [5.74, 6) is -1.46. The molecule has 0 radical (unpaired) electrons. The van der Waals surface area contributed by atoms with Gasteiger partial charge in [0.1, 0.15) is 0 Å². The van der Waals surface area contributed by atoms with Crippen molar-refractivity contribution in [3.05, 3.63) is 17.2 Å². The molecular formula is C14H18F3LiN4O4. The van der Waals surface area contributed by atoms with E-state index in [2.05, 4.69) is 9.97 Å². The van der Waals surface area contributed by atoms with Gasteiger partial charge in [-0.3, -0.25) is 0 Å². The molecule has 0 saturated heterocycles. The molecule has 0 amide bonds. The number of halogens is 3. The van der Waals surface area contributed by atoms with Gasteiger partial charge in [-0.1, -0.05) is 0 Å². The van der Waals surface area contributed by atoms with E-state index < -0.39 is 23.4 Å². The van der Waals surface area contributed by atoms with Crippen LogP contribution >= 0.6 is 0 Å². The maximum atomic E-state index is 11.9. The van der Waals surface area contributed by atoms with Crippen molar-refractivity contribution in [2.75, 3.05) is 53.9 Å². The zero-order valence-electron chi connectivity index (χ0n) is 14.8. The number of aromatic nitrogens is 2. The number of hydrogen-bond donors (Lipinski definition) is 0. The van der Waals surface area contributed by atoms with Crippen LogP contribution in [0.25, 0.3) is 0 Å². The predicted octanol–water partition coefficient (Wildman–Crippen LogP) is -1.88. The molecule has 0 aliphatic heterocycles. The van der Waals surface area contributed by atoms with E-state index in [-0.39, 0.29) is 18.9 Å². The summed E-state index contributed by atoms with van der Waals surface area (Å²) in [7, 11) is 3.30. The molecule has 0 aliphatic rings. The first-order valence-corrected chi connectivity index (χ1v) is 6.96. The van der Waals surface area contributed by atoms with Gasteiger partial charge in [0.15, 0.2) is 0 Å². The van der Waals surface area contributed by atoms with Crippen LogP contribution in [-0.4, -0.2) is 58.8 Å². The molecule has 1 heterocycles.